The molecule has 6 heteroatoms. The number of nitrogens with zero attached hydrogens (tertiary/aromatic N) is 3. The topological polar surface area (TPSA) is 68.7 Å². The van der Waals surface area contributed by atoms with Crippen LogP contribution < -0.4 is 0 Å². The molecule has 3 aromatic rings. The number of carboxylic acids is 1. The van der Waals surface area contributed by atoms with E-state index in [2.05, 4.69) is 4.85 Å². The molecular weight excluding hydrogens is 330 g/mol. The molecule has 0 unspecified atom stereocenters. The summed E-state index contributed by atoms with van der Waals surface area (Å²) in [6.07, 6.45) is 0.506. The maximum atomic E-state index is 11.2. The second-order valence-corrected chi connectivity index (χ2v) is 6.09. The van der Waals surface area contributed by atoms with Crippen LogP contribution in [0.1, 0.15) is 27.3 Å². The Morgan fingerprint density at radius 1 is 1.35 bits per heavy atom. The number of benzene rings is 2. The number of rotatable bonds is 6. The predicted molar refractivity (Wildman–Crippen MR) is 98.8 cm³/mol. The first-order valence-corrected chi connectivity index (χ1v) is 8.22. The van der Waals surface area contributed by atoms with Crippen molar-refractivity contribution >= 4 is 22.7 Å². The highest BCUT2D eigenvalue weighted by molar-refractivity contribution is 5.87. The number of methoxy groups -OCH3 is 1. The second kappa shape index (κ2) is 7.38. The fourth-order valence-corrected chi connectivity index (χ4v) is 3.00. The minimum atomic E-state index is -0.947. The molecule has 0 aliphatic heterocycles. The normalized spacial score (nSPS) is 10.8. The van der Waals surface area contributed by atoms with Crippen molar-refractivity contribution in [3.05, 3.63) is 70.3 Å². The molecule has 0 spiro atoms. The molecule has 1 N–H and O–H groups in total. The molecule has 2 aromatic carbocycles. The first-order valence-electron chi connectivity index (χ1n) is 8.22. The molecule has 1 aromatic heterocycles. The van der Waals surface area contributed by atoms with Gasteiger partial charge in [0.2, 0.25) is 0 Å². The Kier molecular flexibility index (Phi) is 5.01. The van der Waals surface area contributed by atoms with Gasteiger partial charge in [0.1, 0.15) is 5.82 Å². The van der Waals surface area contributed by atoms with Crippen LogP contribution >= 0.6 is 0 Å². The van der Waals surface area contributed by atoms with Gasteiger partial charge in [-0.3, -0.25) is 0 Å². The summed E-state index contributed by atoms with van der Waals surface area (Å²) in [5.41, 5.74) is 4.35. The van der Waals surface area contributed by atoms with Crippen molar-refractivity contribution in [3.63, 3.8) is 0 Å². The Labute approximate surface area is 151 Å². The van der Waals surface area contributed by atoms with E-state index in [9.17, 15) is 9.90 Å². The highest BCUT2D eigenvalue weighted by Crippen LogP contribution is 2.27. The van der Waals surface area contributed by atoms with Crippen LogP contribution in [-0.2, 0) is 17.7 Å². The molecule has 0 amide bonds. The molecule has 0 atom stereocenters. The number of imidazole rings is 1. The lowest BCUT2D eigenvalue weighted by molar-refractivity contribution is 0.0696. The quantitative estimate of drug-likeness (QED) is 0.687. The van der Waals surface area contributed by atoms with Crippen molar-refractivity contribution in [3.8, 4) is 0 Å². The zero-order chi connectivity index (χ0) is 18.7. The van der Waals surface area contributed by atoms with Gasteiger partial charge in [-0.2, -0.15) is 0 Å². The van der Waals surface area contributed by atoms with Gasteiger partial charge >= 0.3 is 5.97 Å². The summed E-state index contributed by atoms with van der Waals surface area (Å²) in [6.45, 7) is 10.4. The highest BCUT2D eigenvalue weighted by Gasteiger charge is 2.14. The third kappa shape index (κ3) is 3.44. The maximum absolute atomic E-state index is 11.2. The van der Waals surface area contributed by atoms with Gasteiger partial charge in [-0.05, 0) is 42.3 Å². The summed E-state index contributed by atoms with van der Waals surface area (Å²) >= 11 is 0. The molecule has 1 heterocycles. The van der Waals surface area contributed by atoms with Crippen molar-refractivity contribution in [2.75, 3.05) is 13.7 Å². The van der Waals surface area contributed by atoms with Crippen molar-refractivity contribution in [2.24, 2.45) is 0 Å². The Morgan fingerprint density at radius 3 is 2.85 bits per heavy atom. The second-order valence-electron chi connectivity index (χ2n) is 6.09. The molecule has 0 radical (unpaired) electrons. The van der Waals surface area contributed by atoms with E-state index in [4.69, 9.17) is 16.3 Å². The number of ether oxygens (including phenoxy) is 1. The van der Waals surface area contributed by atoms with E-state index in [0.717, 1.165) is 28.0 Å². The average molecular weight is 349 g/mol. The van der Waals surface area contributed by atoms with Gasteiger partial charge in [-0.15, -0.1) is 0 Å². The Bertz CT molecular complexity index is 1020. The highest BCUT2D eigenvalue weighted by atomic mass is 16.5. The van der Waals surface area contributed by atoms with Gasteiger partial charge < -0.3 is 14.4 Å². The fourth-order valence-electron chi connectivity index (χ4n) is 3.00. The minimum absolute atomic E-state index is 0.258. The number of fused-ring (bicyclic) bond motifs is 1. The number of hydrogen-bond acceptors (Lipinski definition) is 3. The summed E-state index contributed by atoms with van der Waals surface area (Å²) in [6, 6.07) is 10.6. The standard InChI is InChI=1S/C20H19N3O3/c1-13-9-17-18(12-16(13)21-2)23(7-8-26-3)19(22-17)11-14-5-4-6-15(10-14)20(24)25/h4-6,9-10,12H,7-8,11H2,1,3H3,(H,24,25). The van der Waals surface area contributed by atoms with Crippen LogP contribution in [0, 0.1) is 13.5 Å². The van der Waals surface area contributed by atoms with Crippen LogP contribution in [0.15, 0.2) is 36.4 Å². The number of aromatic nitrogens is 2. The molecular formula is C20H19N3O3. The average Bonchev–Trinajstić information content (AvgIpc) is 2.95. The summed E-state index contributed by atoms with van der Waals surface area (Å²) in [4.78, 5) is 19.5. The van der Waals surface area contributed by atoms with E-state index < -0.39 is 5.97 Å². The summed E-state index contributed by atoms with van der Waals surface area (Å²) in [7, 11) is 1.64. The fraction of sp³-hybridized carbons (Fsp3) is 0.250. The largest absolute Gasteiger partial charge is 0.478 e. The lowest BCUT2D eigenvalue weighted by Gasteiger charge is -2.09. The van der Waals surface area contributed by atoms with Crippen molar-refractivity contribution < 1.29 is 14.6 Å². The van der Waals surface area contributed by atoms with E-state index in [0.29, 0.717) is 25.3 Å². The first-order chi connectivity index (χ1) is 12.5. The van der Waals surface area contributed by atoms with E-state index in [1.165, 1.54) is 0 Å². The number of hydrogen-bond donors (Lipinski definition) is 1. The maximum Gasteiger partial charge on any atom is 0.335 e. The van der Waals surface area contributed by atoms with E-state index in [-0.39, 0.29) is 5.56 Å². The van der Waals surface area contributed by atoms with Crippen LogP contribution in [0.2, 0.25) is 0 Å². The Morgan fingerprint density at radius 2 is 2.15 bits per heavy atom. The minimum Gasteiger partial charge on any atom is -0.478 e. The van der Waals surface area contributed by atoms with Crippen LogP contribution in [0.5, 0.6) is 0 Å². The Balaban J connectivity index is 2.08. The molecule has 0 aliphatic rings. The molecule has 6 nitrogen and oxygen atoms in total. The van der Waals surface area contributed by atoms with Gasteiger partial charge in [-0.25, -0.2) is 14.6 Å². The molecule has 0 saturated heterocycles. The SMILES string of the molecule is [C-]#[N+]c1cc2c(cc1C)nc(Cc1cccc(C(=O)O)c1)n2CCOC. The number of carboxylic acid groups (broad SMARTS) is 1. The van der Waals surface area contributed by atoms with Gasteiger partial charge in [-0.1, -0.05) is 12.1 Å². The molecule has 0 fully saturated rings. The van der Waals surface area contributed by atoms with Crippen molar-refractivity contribution in [1.29, 1.82) is 0 Å². The number of carbonyl (C=O) groups is 1. The molecule has 0 aliphatic carbocycles. The Hall–Kier alpha value is -3.17. The van der Waals surface area contributed by atoms with Crippen LogP contribution in [0.3, 0.4) is 0 Å². The molecule has 3 rings (SSSR count). The zero-order valence-corrected chi connectivity index (χ0v) is 14.7. The third-order valence-corrected chi connectivity index (χ3v) is 4.32. The van der Waals surface area contributed by atoms with E-state index in [1.54, 1.807) is 25.3 Å². The zero-order valence-electron chi connectivity index (χ0n) is 14.7. The molecule has 0 saturated carbocycles. The smallest absolute Gasteiger partial charge is 0.335 e. The molecule has 132 valence electrons. The molecule has 26 heavy (non-hydrogen) atoms. The van der Waals surface area contributed by atoms with Crippen molar-refractivity contribution in [2.45, 2.75) is 19.9 Å². The summed E-state index contributed by atoms with van der Waals surface area (Å²) in [5.74, 6) is -0.127. The van der Waals surface area contributed by atoms with E-state index >= 15 is 0 Å². The summed E-state index contributed by atoms with van der Waals surface area (Å²) < 4.78 is 7.26. The summed E-state index contributed by atoms with van der Waals surface area (Å²) in [5, 5.41) is 9.18. The predicted octanol–water partition coefficient (Wildman–Crippen LogP) is 3.83. The monoisotopic (exact) mass is 349 g/mol. The lowest BCUT2D eigenvalue weighted by Crippen LogP contribution is -2.09. The van der Waals surface area contributed by atoms with Crippen LogP contribution in [0.25, 0.3) is 15.9 Å². The van der Waals surface area contributed by atoms with Crippen LogP contribution in [0.4, 0.5) is 5.69 Å². The van der Waals surface area contributed by atoms with Gasteiger partial charge in [0.15, 0.2) is 5.69 Å². The van der Waals surface area contributed by atoms with Gasteiger partial charge in [0.25, 0.3) is 0 Å². The first kappa shape index (κ1) is 17.6. The van der Waals surface area contributed by atoms with Gasteiger partial charge in [0, 0.05) is 20.1 Å². The van der Waals surface area contributed by atoms with Crippen LogP contribution in [-0.4, -0.2) is 34.3 Å². The third-order valence-electron chi connectivity index (χ3n) is 4.32. The van der Waals surface area contributed by atoms with Crippen molar-refractivity contribution in [1.82, 2.24) is 9.55 Å². The number of aryl methyl sites for hydroxylation is 1. The number of aromatic carboxylic acids is 1. The lowest BCUT2D eigenvalue weighted by atomic mass is 10.1. The van der Waals surface area contributed by atoms with E-state index in [1.807, 2.05) is 29.7 Å². The van der Waals surface area contributed by atoms with Gasteiger partial charge in [0.05, 0.1) is 29.8 Å². The molecule has 0 bridgehead atoms.